The minimum atomic E-state index is -0.667. The molecule has 5 nitrogen and oxygen atoms in total. The van der Waals surface area contributed by atoms with Gasteiger partial charge >= 0.3 is 0 Å². The van der Waals surface area contributed by atoms with Gasteiger partial charge in [-0.2, -0.15) is 0 Å². The third kappa shape index (κ3) is 1.92. The smallest absolute Gasteiger partial charge is 0.225 e. The monoisotopic (exact) mass is 260 g/mol. The summed E-state index contributed by atoms with van der Waals surface area (Å²) in [7, 11) is 0. The summed E-state index contributed by atoms with van der Waals surface area (Å²) in [6, 6.07) is 1.93. The highest BCUT2D eigenvalue weighted by atomic mass is 16.3. The largest absolute Gasteiger partial charge is 0.384 e. The number of anilines is 1. The molecule has 2 N–H and O–H groups in total. The number of rotatable bonds is 2. The number of hydrogen-bond acceptors (Lipinski definition) is 5. The van der Waals surface area contributed by atoms with Gasteiger partial charge < -0.3 is 15.3 Å². The zero-order chi connectivity index (χ0) is 13.0. The first-order valence-electron chi connectivity index (χ1n) is 7.18. The highest BCUT2D eigenvalue weighted by molar-refractivity contribution is 5.37. The van der Waals surface area contributed by atoms with Crippen LogP contribution in [0.1, 0.15) is 24.2 Å². The molecule has 4 rings (SSSR count). The van der Waals surface area contributed by atoms with Gasteiger partial charge in [-0.05, 0) is 37.7 Å². The normalized spacial score (nSPS) is 31.6. The lowest BCUT2D eigenvalue weighted by atomic mass is 10.0. The predicted octanol–water partition coefficient (Wildman–Crippen LogP) is 0.422. The van der Waals surface area contributed by atoms with Gasteiger partial charge in [0.25, 0.3) is 0 Å². The lowest BCUT2D eigenvalue weighted by Crippen LogP contribution is -2.28. The van der Waals surface area contributed by atoms with E-state index in [4.69, 9.17) is 0 Å². The maximum atomic E-state index is 10.2. The van der Waals surface area contributed by atoms with Crippen molar-refractivity contribution in [3.63, 3.8) is 0 Å². The number of nitrogens with zero attached hydrogens (tertiary/aromatic N) is 3. The highest BCUT2D eigenvalue weighted by Crippen LogP contribution is 2.44. The molecule has 2 saturated heterocycles. The fourth-order valence-electron chi connectivity index (χ4n) is 3.33. The Kier molecular flexibility index (Phi) is 2.38. The van der Waals surface area contributed by atoms with Gasteiger partial charge in [0, 0.05) is 31.9 Å². The van der Waals surface area contributed by atoms with Gasteiger partial charge in [-0.1, -0.05) is 0 Å². The van der Waals surface area contributed by atoms with Crippen LogP contribution >= 0.6 is 0 Å². The molecule has 1 aliphatic carbocycles. The molecular formula is C14H20N4O. The van der Waals surface area contributed by atoms with Crippen molar-refractivity contribution < 1.29 is 5.11 Å². The van der Waals surface area contributed by atoms with Crippen LogP contribution in [0.4, 0.5) is 5.95 Å². The Balaban J connectivity index is 1.63. The number of fused-ring (bicyclic) bond motifs is 1. The number of nitrogens with one attached hydrogen (secondary N) is 1. The van der Waals surface area contributed by atoms with E-state index in [1.807, 2.05) is 13.0 Å². The summed E-state index contributed by atoms with van der Waals surface area (Å²) >= 11 is 0. The molecule has 0 spiro atoms. The van der Waals surface area contributed by atoms with Gasteiger partial charge in [0.1, 0.15) is 5.60 Å². The van der Waals surface area contributed by atoms with Crippen molar-refractivity contribution in [2.75, 3.05) is 31.1 Å². The van der Waals surface area contributed by atoms with E-state index in [-0.39, 0.29) is 0 Å². The second-order valence-electron chi connectivity index (χ2n) is 6.31. The molecule has 0 amide bonds. The van der Waals surface area contributed by atoms with Crippen molar-refractivity contribution in [2.45, 2.75) is 25.4 Å². The summed E-state index contributed by atoms with van der Waals surface area (Å²) < 4.78 is 0. The summed E-state index contributed by atoms with van der Waals surface area (Å²) in [5, 5.41) is 13.7. The average Bonchev–Trinajstić information content (AvgIpc) is 2.83. The van der Waals surface area contributed by atoms with Crippen molar-refractivity contribution >= 4 is 5.95 Å². The Morgan fingerprint density at radius 2 is 1.95 bits per heavy atom. The fourth-order valence-corrected chi connectivity index (χ4v) is 3.33. The van der Waals surface area contributed by atoms with Crippen LogP contribution in [-0.4, -0.2) is 41.3 Å². The minimum absolute atomic E-state index is 0.667. The van der Waals surface area contributed by atoms with Gasteiger partial charge in [0.05, 0.1) is 5.69 Å². The quantitative estimate of drug-likeness (QED) is 0.807. The zero-order valence-corrected chi connectivity index (χ0v) is 11.3. The Hall–Kier alpha value is -1.20. The fraction of sp³-hybridized carbons (Fsp3) is 0.714. The Morgan fingerprint density at radius 3 is 2.58 bits per heavy atom. The average molecular weight is 260 g/mol. The van der Waals surface area contributed by atoms with E-state index in [1.165, 1.54) is 0 Å². The third-order valence-corrected chi connectivity index (χ3v) is 4.72. The van der Waals surface area contributed by atoms with Gasteiger partial charge in [-0.25, -0.2) is 9.97 Å². The van der Waals surface area contributed by atoms with E-state index in [1.54, 1.807) is 0 Å². The summed E-state index contributed by atoms with van der Waals surface area (Å²) in [6.07, 6.45) is 1.66. The molecule has 0 aromatic carbocycles. The van der Waals surface area contributed by atoms with Crippen molar-refractivity contribution in [1.82, 2.24) is 15.3 Å². The van der Waals surface area contributed by atoms with E-state index in [0.29, 0.717) is 0 Å². The van der Waals surface area contributed by atoms with Crippen LogP contribution in [-0.2, 0) is 5.60 Å². The van der Waals surface area contributed by atoms with Crippen LogP contribution in [0, 0.1) is 18.8 Å². The molecule has 0 bridgehead atoms. The molecule has 3 fully saturated rings. The molecule has 2 atom stereocenters. The molecule has 102 valence electrons. The maximum Gasteiger partial charge on any atom is 0.225 e. The highest BCUT2D eigenvalue weighted by Gasteiger charge is 2.44. The minimum Gasteiger partial charge on any atom is -0.384 e. The first-order valence-corrected chi connectivity index (χ1v) is 7.18. The topological polar surface area (TPSA) is 61.3 Å². The van der Waals surface area contributed by atoms with Crippen LogP contribution < -0.4 is 10.2 Å². The Bertz CT molecular complexity index is 502. The molecule has 3 heterocycles. The van der Waals surface area contributed by atoms with E-state index >= 15 is 0 Å². The molecule has 1 aromatic rings. The lowest BCUT2D eigenvalue weighted by molar-refractivity contribution is 0.146. The molecule has 2 aliphatic heterocycles. The van der Waals surface area contributed by atoms with Gasteiger partial charge in [-0.3, -0.25) is 0 Å². The first-order chi connectivity index (χ1) is 9.14. The van der Waals surface area contributed by atoms with Crippen LogP contribution in [0.25, 0.3) is 0 Å². The van der Waals surface area contributed by atoms with Crippen LogP contribution in [0.3, 0.4) is 0 Å². The molecule has 3 aliphatic rings. The van der Waals surface area contributed by atoms with Crippen molar-refractivity contribution in [3.8, 4) is 0 Å². The maximum absolute atomic E-state index is 10.2. The summed E-state index contributed by atoms with van der Waals surface area (Å²) in [5.41, 5.74) is 1.10. The lowest BCUT2D eigenvalue weighted by Gasteiger charge is -2.19. The van der Waals surface area contributed by atoms with Crippen LogP contribution in [0.5, 0.6) is 0 Å². The van der Waals surface area contributed by atoms with Crippen LogP contribution in [0.2, 0.25) is 0 Å². The predicted molar refractivity (Wildman–Crippen MR) is 72.0 cm³/mol. The number of aliphatic hydroxyl groups is 1. The summed E-state index contributed by atoms with van der Waals surface area (Å²) in [6.45, 7) is 6.30. The van der Waals surface area contributed by atoms with E-state index < -0.39 is 5.60 Å². The van der Waals surface area contributed by atoms with Crippen molar-refractivity contribution in [1.29, 1.82) is 0 Å². The van der Waals surface area contributed by atoms with Crippen LogP contribution in [0.15, 0.2) is 6.07 Å². The number of aromatic nitrogens is 2. The van der Waals surface area contributed by atoms with E-state index in [9.17, 15) is 5.11 Å². The van der Waals surface area contributed by atoms with E-state index in [2.05, 4.69) is 20.2 Å². The Morgan fingerprint density at radius 1 is 1.26 bits per heavy atom. The van der Waals surface area contributed by atoms with E-state index in [0.717, 1.165) is 68.2 Å². The van der Waals surface area contributed by atoms with Gasteiger partial charge in [0.2, 0.25) is 5.95 Å². The number of aryl methyl sites for hydroxylation is 1. The standard InChI is InChI=1S/C14H20N4O/c1-9-4-12(14(19)2-3-14)17-13(16-9)18-7-10-5-15-6-11(10)8-18/h4,10-11,15,19H,2-3,5-8H2,1H3/t10-,11+. The zero-order valence-electron chi connectivity index (χ0n) is 11.3. The number of hydrogen-bond donors (Lipinski definition) is 2. The summed E-state index contributed by atoms with van der Waals surface area (Å²) in [4.78, 5) is 11.5. The van der Waals surface area contributed by atoms with Crippen molar-refractivity contribution in [2.24, 2.45) is 11.8 Å². The molecule has 1 aromatic heterocycles. The second-order valence-corrected chi connectivity index (χ2v) is 6.31. The molecule has 1 saturated carbocycles. The molecular weight excluding hydrogens is 240 g/mol. The van der Waals surface area contributed by atoms with Gasteiger partial charge in [-0.15, -0.1) is 0 Å². The first kappa shape index (κ1) is 11.6. The SMILES string of the molecule is Cc1cc(C2(O)CC2)nc(N2C[C@H]3CNC[C@H]3C2)n1. The molecule has 19 heavy (non-hydrogen) atoms. The van der Waals surface area contributed by atoms with Gasteiger partial charge in [0.15, 0.2) is 0 Å². The van der Waals surface area contributed by atoms with Crippen molar-refractivity contribution in [3.05, 3.63) is 17.5 Å². The Labute approximate surface area is 113 Å². The molecule has 0 radical (unpaired) electrons. The summed E-state index contributed by atoms with van der Waals surface area (Å²) in [5.74, 6) is 2.28. The second kappa shape index (κ2) is 3.90. The molecule has 5 heteroatoms. The molecule has 0 unspecified atom stereocenters. The third-order valence-electron chi connectivity index (χ3n) is 4.72.